The van der Waals surface area contributed by atoms with Crippen LogP contribution in [0.4, 0.5) is 4.79 Å². The maximum Gasteiger partial charge on any atom is 0.408 e. The van der Waals surface area contributed by atoms with Crippen molar-refractivity contribution < 1.29 is 14.3 Å². The maximum atomic E-state index is 12.7. The van der Waals surface area contributed by atoms with Crippen molar-refractivity contribution in [3.63, 3.8) is 0 Å². The third kappa shape index (κ3) is 4.29. The van der Waals surface area contributed by atoms with Crippen LogP contribution in [0.25, 0.3) is 0 Å². The molecule has 0 aliphatic heterocycles. The first-order valence-corrected chi connectivity index (χ1v) is 9.80. The van der Waals surface area contributed by atoms with Crippen molar-refractivity contribution in [1.29, 1.82) is 0 Å². The minimum atomic E-state index is -0.561. The number of alkyl carbamates (subject to hydrolysis) is 1. The molecule has 4 saturated carbocycles. The maximum absolute atomic E-state index is 12.7. The number of carbonyl (C=O) groups excluding carboxylic acids is 2. The zero-order valence-electron chi connectivity index (χ0n) is 16.4. The van der Waals surface area contributed by atoms with Crippen LogP contribution in [-0.2, 0) is 9.53 Å². The van der Waals surface area contributed by atoms with Gasteiger partial charge in [-0.3, -0.25) is 4.79 Å². The second-order valence-electron chi connectivity index (χ2n) is 9.98. The Morgan fingerprint density at radius 1 is 1.12 bits per heavy atom. The van der Waals surface area contributed by atoms with E-state index in [4.69, 9.17) is 4.74 Å². The molecule has 4 bridgehead atoms. The Morgan fingerprint density at radius 3 is 2.04 bits per heavy atom. The molecule has 1 atom stereocenters. The molecule has 0 aromatic rings. The summed E-state index contributed by atoms with van der Waals surface area (Å²) in [6.07, 6.45) is 7.55. The predicted octanol–water partition coefficient (Wildman–Crippen LogP) is 3.57. The Hall–Kier alpha value is -1.26. The Labute approximate surface area is 151 Å². The fourth-order valence-electron chi connectivity index (χ4n) is 5.94. The van der Waals surface area contributed by atoms with Crippen molar-refractivity contribution in [2.45, 2.75) is 77.9 Å². The van der Waals surface area contributed by atoms with Gasteiger partial charge in [-0.25, -0.2) is 4.79 Å². The van der Waals surface area contributed by atoms with Crippen molar-refractivity contribution in [2.24, 2.45) is 23.2 Å². The number of carbonyl (C=O) groups is 2. The second-order valence-corrected chi connectivity index (χ2v) is 9.98. The molecule has 4 fully saturated rings. The van der Waals surface area contributed by atoms with E-state index in [-0.39, 0.29) is 5.91 Å². The number of ether oxygens (including phenoxy) is 1. The Balaban J connectivity index is 1.55. The molecular weight excluding hydrogens is 316 g/mol. The van der Waals surface area contributed by atoms with E-state index in [1.807, 2.05) is 32.7 Å². The molecule has 1 N–H and O–H groups in total. The summed E-state index contributed by atoms with van der Waals surface area (Å²) >= 11 is 0. The van der Waals surface area contributed by atoms with Crippen molar-refractivity contribution in [3.8, 4) is 0 Å². The van der Waals surface area contributed by atoms with Gasteiger partial charge in [0.25, 0.3) is 0 Å². The van der Waals surface area contributed by atoms with Gasteiger partial charge in [-0.1, -0.05) is 0 Å². The van der Waals surface area contributed by atoms with Crippen LogP contribution in [0.1, 0.15) is 66.2 Å². The fourth-order valence-corrected chi connectivity index (χ4v) is 5.94. The summed E-state index contributed by atoms with van der Waals surface area (Å²) in [7, 11) is 1.88. The predicted molar refractivity (Wildman–Crippen MR) is 97.1 cm³/mol. The minimum Gasteiger partial charge on any atom is -0.444 e. The number of hydrogen-bond acceptors (Lipinski definition) is 3. The molecule has 0 radical (unpaired) electrons. The molecule has 2 amide bonds. The molecule has 1 unspecified atom stereocenters. The highest BCUT2D eigenvalue weighted by Gasteiger charge is 2.51. The molecule has 5 nitrogen and oxygen atoms in total. The SMILES string of the molecule is CC(NC(=O)OC(C)(C)C)C(=O)N(C)CC12CC3CC(CC(C3)C1)C2. The molecule has 0 spiro atoms. The van der Waals surface area contributed by atoms with Crippen LogP contribution >= 0.6 is 0 Å². The van der Waals surface area contributed by atoms with Gasteiger partial charge in [-0.15, -0.1) is 0 Å². The number of rotatable bonds is 4. The largest absolute Gasteiger partial charge is 0.444 e. The summed E-state index contributed by atoms with van der Waals surface area (Å²) < 4.78 is 5.25. The Morgan fingerprint density at radius 2 is 1.60 bits per heavy atom. The van der Waals surface area contributed by atoms with Crippen LogP contribution in [0, 0.1) is 23.2 Å². The van der Waals surface area contributed by atoms with Gasteiger partial charge in [0.2, 0.25) is 5.91 Å². The van der Waals surface area contributed by atoms with Crippen LogP contribution < -0.4 is 5.32 Å². The molecule has 142 valence electrons. The standard InChI is InChI=1S/C20H34N2O3/c1-13(21-18(24)25-19(2,3)4)17(23)22(5)12-20-9-14-6-15(10-20)8-16(7-14)11-20/h13-16H,6-12H2,1-5H3,(H,21,24). The van der Waals surface area contributed by atoms with Gasteiger partial charge in [0.05, 0.1) is 0 Å². The zero-order chi connectivity index (χ0) is 18.4. The molecule has 25 heavy (non-hydrogen) atoms. The van der Waals surface area contributed by atoms with Crippen molar-refractivity contribution in [2.75, 3.05) is 13.6 Å². The second kappa shape index (κ2) is 6.48. The lowest BCUT2D eigenvalue weighted by Crippen LogP contribution is -2.54. The summed E-state index contributed by atoms with van der Waals surface area (Å²) in [6, 6.07) is -0.561. The van der Waals surface area contributed by atoms with E-state index < -0.39 is 17.7 Å². The first kappa shape index (κ1) is 18.5. The molecule has 4 aliphatic carbocycles. The summed E-state index contributed by atoms with van der Waals surface area (Å²) in [6.45, 7) is 8.02. The molecular formula is C20H34N2O3. The summed E-state index contributed by atoms with van der Waals surface area (Å²) in [5.41, 5.74) is -0.233. The summed E-state index contributed by atoms with van der Waals surface area (Å²) in [5.74, 6) is 2.62. The van der Waals surface area contributed by atoms with E-state index in [2.05, 4.69) is 5.32 Å². The lowest BCUT2D eigenvalue weighted by molar-refractivity contribution is -0.137. The van der Waals surface area contributed by atoms with E-state index in [9.17, 15) is 9.59 Å². The van der Waals surface area contributed by atoms with Crippen LogP contribution in [0.3, 0.4) is 0 Å². The topological polar surface area (TPSA) is 58.6 Å². The molecule has 0 heterocycles. The molecule has 4 rings (SSSR count). The van der Waals surface area contributed by atoms with Gasteiger partial charge >= 0.3 is 6.09 Å². The number of nitrogens with zero attached hydrogens (tertiary/aromatic N) is 1. The molecule has 0 aromatic carbocycles. The molecule has 0 saturated heterocycles. The van der Waals surface area contributed by atoms with Crippen molar-refractivity contribution >= 4 is 12.0 Å². The number of amides is 2. The minimum absolute atomic E-state index is 0.0263. The fraction of sp³-hybridized carbons (Fsp3) is 0.900. The van der Waals surface area contributed by atoms with Crippen LogP contribution in [0.5, 0.6) is 0 Å². The molecule has 0 aromatic heterocycles. The van der Waals surface area contributed by atoms with Gasteiger partial charge in [0.1, 0.15) is 11.6 Å². The number of nitrogens with one attached hydrogen (secondary N) is 1. The van der Waals surface area contributed by atoms with E-state index in [0.29, 0.717) is 5.41 Å². The van der Waals surface area contributed by atoms with Crippen LogP contribution in [-0.4, -0.2) is 42.1 Å². The van der Waals surface area contributed by atoms with Gasteiger partial charge in [-0.2, -0.15) is 0 Å². The highest BCUT2D eigenvalue weighted by atomic mass is 16.6. The third-order valence-corrected chi connectivity index (χ3v) is 6.22. The zero-order valence-corrected chi connectivity index (χ0v) is 16.4. The van der Waals surface area contributed by atoms with E-state index in [1.54, 1.807) is 6.92 Å². The van der Waals surface area contributed by atoms with Gasteiger partial charge in [0.15, 0.2) is 0 Å². The smallest absolute Gasteiger partial charge is 0.408 e. The van der Waals surface area contributed by atoms with Crippen LogP contribution in [0.2, 0.25) is 0 Å². The Bertz CT molecular complexity index is 502. The van der Waals surface area contributed by atoms with E-state index >= 15 is 0 Å². The van der Waals surface area contributed by atoms with E-state index in [0.717, 1.165) is 24.3 Å². The number of hydrogen-bond donors (Lipinski definition) is 1. The molecule has 4 aliphatic rings. The average molecular weight is 351 g/mol. The summed E-state index contributed by atoms with van der Waals surface area (Å²) in [5, 5.41) is 2.67. The van der Waals surface area contributed by atoms with E-state index in [1.165, 1.54) is 38.5 Å². The van der Waals surface area contributed by atoms with Gasteiger partial charge in [-0.05, 0) is 89.4 Å². The average Bonchev–Trinajstić information content (AvgIpc) is 2.41. The first-order valence-electron chi connectivity index (χ1n) is 9.80. The first-order chi connectivity index (χ1) is 11.6. The van der Waals surface area contributed by atoms with Crippen LogP contribution in [0.15, 0.2) is 0 Å². The quantitative estimate of drug-likeness (QED) is 0.843. The lowest BCUT2D eigenvalue weighted by atomic mass is 9.49. The van der Waals surface area contributed by atoms with Gasteiger partial charge < -0.3 is 15.0 Å². The van der Waals surface area contributed by atoms with Crippen molar-refractivity contribution in [3.05, 3.63) is 0 Å². The Kier molecular flexibility index (Phi) is 4.80. The normalized spacial score (nSPS) is 34.5. The number of likely N-dealkylation sites (N-methyl/N-ethyl adjacent to an activating group) is 1. The summed E-state index contributed by atoms with van der Waals surface area (Å²) in [4.78, 5) is 26.5. The lowest BCUT2D eigenvalue weighted by Gasteiger charge is -2.57. The highest BCUT2D eigenvalue weighted by Crippen LogP contribution is 2.60. The monoisotopic (exact) mass is 350 g/mol. The van der Waals surface area contributed by atoms with Gasteiger partial charge in [0, 0.05) is 13.6 Å². The third-order valence-electron chi connectivity index (χ3n) is 6.22. The highest BCUT2D eigenvalue weighted by molar-refractivity contribution is 5.85. The van der Waals surface area contributed by atoms with Crippen molar-refractivity contribution in [1.82, 2.24) is 10.2 Å². The molecule has 5 heteroatoms.